The van der Waals surface area contributed by atoms with E-state index in [1.807, 2.05) is 6.07 Å². The first-order valence-corrected chi connectivity index (χ1v) is 10.3. The van der Waals surface area contributed by atoms with Crippen LogP contribution in [0.3, 0.4) is 0 Å². The molecule has 0 radical (unpaired) electrons. The van der Waals surface area contributed by atoms with Crippen LogP contribution in [0, 0.1) is 0 Å². The molecule has 2 heterocycles. The summed E-state index contributed by atoms with van der Waals surface area (Å²) in [5.74, 6) is -0.339. The van der Waals surface area contributed by atoms with Crippen LogP contribution in [-0.4, -0.2) is 16.8 Å². The van der Waals surface area contributed by atoms with Gasteiger partial charge < -0.3 is 19.0 Å². The third kappa shape index (κ3) is 3.48. The van der Waals surface area contributed by atoms with Crippen LogP contribution in [0.1, 0.15) is 0 Å². The zero-order valence-electron chi connectivity index (χ0n) is 17.2. The lowest BCUT2D eigenvalue weighted by Crippen LogP contribution is -2.20. The number of rotatable bonds is 4. The maximum Gasteiger partial charge on any atom is 0.383 e. The lowest BCUT2D eigenvalue weighted by Gasteiger charge is -2.15. The van der Waals surface area contributed by atoms with Gasteiger partial charge in [-0.15, -0.1) is 0 Å². The summed E-state index contributed by atoms with van der Waals surface area (Å²) in [5.41, 5.74) is -0.542. The Morgan fingerprint density at radius 3 is 2.33 bits per heavy atom. The molecule has 7 nitrogen and oxygen atoms in total. The van der Waals surface area contributed by atoms with Gasteiger partial charge in [0, 0.05) is 22.2 Å². The van der Waals surface area contributed by atoms with E-state index in [4.69, 9.17) is 25.5 Å². The average molecular weight is 462 g/mol. The Morgan fingerprint density at radius 1 is 0.939 bits per heavy atom. The number of aromatic hydroxyl groups is 1. The van der Waals surface area contributed by atoms with Gasteiger partial charge >= 0.3 is 5.63 Å². The second-order valence-electron chi connectivity index (χ2n) is 7.19. The van der Waals surface area contributed by atoms with Crippen LogP contribution in [0.5, 0.6) is 23.0 Å². The maximum atomic E-state index is 13.7. The highest BCUT2D eigenvalue weighted by Gasteiger charge is 2.24. The minimum absolute atomic E-state index is 0.0456. The normalized spacial score (nSPS) is 11.1. The quantitative estimate of drug-likeness (QED) is 0.367. The summed E-state index contributed by atoms with van der Waals surface area (Å²) in [4.78, 5) is 26.4. The molecule has 0 aliphatic heterocycles. The van der Waals surface area contributed by atoms with Gasteiger partial charge in [0.2, 0.25) is 0 Å². The van der Waals surface area contributed by atoms with Crippen molar-refractivity contribution in [1.82, 2.24) is 4.57 Å². The van der Waals surface area contributed by atoms with Crippen LogP contribution in [0.2, 0.25) is 5.02 Å². The Hall–Kier alpha value is -4.23. The molecule has 0 fully saturated rings. The van der Waals surface area contributed by atoms with E-state index in [9.17, 15) is 14.7 Å². The van der Waals surface area contributed by atoms with Crippen molar-refractivity contribution in [1.29, 1.82) is 0 Å². The lowest BCUT2D eigenvalue weighted by atomic mass is 10.1. The van der Waals surface area contributed by atoms with Crippen molar-refractivity contribution in [3.8, 4) is 28.7 Å². The van der Waals surface area contributed by atoms with Crippen molar-refractivity contribution in [2.24, 2.45) is 0 Å². The first-order chi connectivity index (χ1) is 16.0. The van der Waals surface area contributed by atoms with E-state index >= 15 is 0 Å². The van der Waals surface area contributed by atoms with Crippen molar-refractivity contribution >= 4 is 33.5 Å². The summed E-state index contributed by atoms with van der Waals surface area (Å²) < 4.78 is 17.8. The van der Waals surface area contributed by atoms with E-state index in [1.165, 1.54) is 23.8 Å². The van der Waals surface area contributed by atoms with E-state index in [-0.39, 0.29) is 16.7 Å². The fraction of sp³-hybridized carbons (Fsp3) is 0.0400. The molecule has 0 saturated heterocycles. The van der Waals surface area contributed by atoms with Crippen molar-refractivity contribution in [2.75, 3.05) is 7.11 Å². The number of ether oxygens (including phenoxy) is 2. The Balaban J connectivity index is 1.87. The van der Waals surface area contributed by atoms with Crippen LogP contribution >= 0.6 is 11.6 Å². The van der Waals surface area contributed by atoms with Crippen molar-refractivity contribution in [3.05, 3.63) is 98.6 Å². The van der Waals surface area contributed by atoms with Crippen LogP contribution in [-0.2, 0) is 0 Å². The number of hydrogen-bond acceptors (Lipinski definition) is 6. The Labute approximate surface area is 191 Å². The third-order valence-electron chi connectivity index (χ3n) is 5.21. The lowest BCUT2D eigenvalue weighted by molar-refractivity contribution is 0.387. The highest BCUT2D eigenvalue weighted by molar-refractivity contribution is 6.30. The number of fused-ring (bicyclic) bond motifs is 3. The zero-order chi connectivity index (χ0) is 23.1. The van der Waals surface area contributed by atoms with E-state index in [0.717, 1.165) is 0 Å². The molecule has 0 aliphatic rings. The summed E-state index contributed by atoms with van der Waals surface area (Å²) in [6, 6.07) is 20.1. The average Bonchev–Trinajstić information content (AvgIpc) is 2.83. The van der Waals surface area contributed by atoms with Gasteiger partial charge in [-0.3, -0.25) is 9.36 Å². The number of halogens is 1. The van der Waals surface area contributed by atoms with Crippen LogP contribution in [0.4, 0.5) is 0 Å². The minimum atomic E-state index is -0.927. The molecule has 0 spiro atoms. The van der Waals surface area contributed by atoms with Gasteiger partial charge in [0.05, 0.1) is 12.6 Å². The van der Waals surface area contributed by atoms with Crippen molar-refractivity contribution < 1.29 is 19.0 Å². The Bertz CT molecular complexity index is 1620. The molecule has 0 amide bonds. The number of nitrogens with zero attached hydrogens (tertiary/aromatic N) is 1. The fourth-order valence-electron chi connectivity index (χ4n) is 3.68. The molecule has 5 rings (SSSR count). The van der Waals surface area contributed by atoms with Gasteiger partial charge in [0.1, 0.15) is 16.9 Å². The molecule has 0 atom stereocenters. The molecule has 164 valence electrons. The van der Waals surface area contributed by atoms with Gasteiger partial charge in [-0.1, -0.05) is 29.8 Å². The summed E-state index contributed by atoms with van der Waals surface area (Å²) in [7, 11) is 1.51. The molecule has 1 N–H and O–H groups in total. The SMILES string of the molecule is COc1ccc2c3oc(=O)c(Oc4ccc(Cl)cc4)c(O)c3c(=O)n(-c3ccccc3)c2c1. The molecule has 8 heteroatoms. The summed E-state index contributed by atoms with van der Waals surface area (Å²) in [6.07, 6.45) is 0. The minimum Gasteiger partial charge on any atom is -0.503 e. The third-order valence-corrected chi connectivity index (χ3v) is 5.47. The molecule has 2 aromatic heterocycles. The first kappa shape index (κ1) is 20.7. The molecule has 0 saturated carbocycles. The Kier molecular flexibility index (Phi) is 5.03. The highest BCUT2D eigenvalue weighted by Crippen LogP contribution is 2.36. The summed E-state index contributed by atoms with van der Waals surface area (Å²) in [5, 5.41) is 11.7. The highest BCUT2D eigenvalue weighted by atomic mass is 35.5. The van der Waals surface area contributed by atoms with Gasteiger partial charge in [-0.05, 0) is 48.5 Å². The summed E-state index contributed by atoms with van der Waals surface area (Å²) in [6.45, 7) is 0. The monoisotopic (exact) mass is 461 g/mol. The van der Waals surface area contributed by atoms with Gasteiger partial charge in [0.25, 0.3) is 11.3 Å². The van der Waals surface area contributed by atoms with Crippen LogP contribution < -0.4 is 20.7 Å². The van der Waals surface area contributed by atoms with E-state index in [2.05, 4.69) is 0 Å². The number of aromatic nitrogens is 1. The number of pyridine rings is 1. The molecule has 5 aromatic rings. The van der Waals surface area contributed by atoms with E-state index in [1.54, 1.807) is 54.6 Å². The van der Waals surface area contributed by atoms with E-state index < -0.39 is 22.7 Å². The van der Waals surface area contributed by atoms with Crippen LogP contribution in [0.15, 0.2) is 86.8 Å². The molecule has 0 unspecified atom stereocenters. The fourth-order valence-corrected chi connectivity index (χ4v) is 3.80. The molecule has 0 bridgehead atoms. The van der Waals surface area contributed by atoms with Gasteiger partial charge in [-0.25, -0.2) is 4.79 Å². The van der Waals surface area contributed by atoms with Crippen molar-refractivity contribution in [2.45, 2.75) is 0 Å². The molecule has 33 heavy (non-hydrogen) atoms. The standard InChI is InChI=1S/C25H16ClNO6/c1-31-17-11-12-18-19(13-17)27(15-5-3-2-4-6-15)24(29)20-21(28)23(25(30)33-22(18)20)32-16-9-7-14(26)8-10-16/h2-13,28H,1H3. The maximum absolute atomic E-state index is 13.7. The Morgan fingerprint density at radius 2 is 1.64 bits per heavy atom. The topological polar surface area (TPSA) is 90.9 Å². The first-order valence-electron chi connectivity index (χ1n) is 9.89. The molecular formula is C25H16ClNO6. The second-order valence-corrected chi connectivity index (χ2v) is 7.62. The number of methoxy groups -OCH3 is 1. The number of benzene rings is 3. The number of para-hydroxylation sites is 1. The second kappa shape index (κ2) is 8.03. The smallest absolute Gasteiger partial charge is 0.383 e. The predicted octanol–water partition coefficient (Wildman–Crippen LogP) is 5.26. The van der Waals surface area contributed by atoms with E-state index in [0.29, 0.717) is 27.4 Å². The molecule has 0 aliphatic carbocycles. The van der Waals surface area contributed by atoms with Gasteiger partial charge in [0.15, 0.2) is 11.3 Å². The molecular weight excluding hydrogens is 446 g/mol. The van der Waals surface area contributed by atoms with Crippen LogP contribution in [0.25, 0.3) is 27.6 Å². The predicted molar refractivity (Wildman–Crippen MR) is 125 cm³/mol. The number of hydrogen-bond donors (Lipinski definition) is 1. The summed E-state index contributed by atoms with van der Waals surface area (Å²) >= 11 is 5.89. The largest absolute Gasteiger partial charge is 0.503 e. The van der Waals surface area contributed by atoms with Crippen molar-refractivity contribution in [3.63, 3.8) is 0 Å². The van der Waals surface area contributed by atoms with Gasteiger partial charge in [-0.2, -0.15) is 0 Å². The molecule has 3 aromatic carbocycles. The zero-order valence-corrected chi connectivity index (χ0v) is 18.0.